The van der Waals surface area contributed by atoms with Crippen LogP contribution in [0.25, 0.3) is 11.0 Å². The monoisotopic (exact) mass is 474 g/mol. The zero-order valence-corrected chi connectivity index (χ0v) is 19.3. The number of methoxy groups -OCH3 is 1. The maximum Gasteiger partial charge on any atom is 0.307 e. The summed E-state index contributed by atoms with van der Waals surface area (Å²) < 4.78 is 17.2. The van der Waals surface area contributed by atoms with Crippen molar-refractivity contribution in [2.45, 2.75) is 13.0 Å². The van der Waals surface area contributed by atoms with Crippen LogP contribution < -0.4 is 14.9 Å². The summed E-state index contributed by atoms with van der Waals surface area (Å²) in [6.07, 6.45) is 3.90. The van der Waals surface area contributed by atoms with Crippen LogP contribution in [-0.2, 0) is 13.0 Å². The number of carbonyl (C=O) groups excluding carboxylic acids is 1. The third kappa shape index (κ3) is 5.47. The quantitative estimate of drug-likeness (QED) is 0.179. The number of allylic oxidation sites excluding steroid dienone is 1. The molecule has 0 bridgehead atoms. The van der Waals surface area contributed by atoms with Gasteiger partial charge in [-0.2, -0.15) is 5.10 Å². The van der Waals surface area contributed by atoms with Crippen LogP contribution in [-0.4, -0.2) is 19.2 Å². The number of hydrogen-bond donors (Lipinski definition) is 1. The van der Waals surface area contributed by atoms with Gasteiger partial charge in [0, 0.05) is 16.0 Å². The minimum atomic E-state index is -0.436. The van der Waals surface area contributed by atoms with E-state index in [9.17, 15) is 4.79 Å². The Labute approximate surface area is 202 Å². The average molecular weight is 475 g/mol. The van der Waals surface area contributed by atoms with Crippen molar-refractivity contribution in [3.63, 3.8) is 0 Å². The summed E-state index contributed by atoms with van der Waals surface area (Å²) in [5.74, 6) is 0.932. The highest BCUT2D eigenvalue weighted by atomic mass is 35.5. The number of hydrazone groups is 1. The number of furan rings is 1. The average Bonchev–Trinajstić information content (AvgIpc) is 3.29. The molecule has 0 aliphatic carbocycles. The van der Waals surface area contributed by atoms with Gasteiger partial charge in [-0.3, -0.25) is 4.79 Å². The van der Waals surface area contributed by atoms with E-state index in [0.29, 0.717) is 35.1 Å². The number of nitrogens with zero attached hydrogens (tertiary/aromatic N) is 1. The van der Waals surface area contributed by atoms with Crippen molar-refractivity contribution >= 4 is 34.7 Å². The third-order valence-corrected chi connectivity index (χ3v) is 5.32. The van der Waals surface area contributed by atoms with Gasteiger partial charge in [-0.25, -0.2) is 5.43 Å². The summed E-state index contributed by atoms with van der Waals surface area (Å²) in [5, 5.41) is 5.60. The fourth-order valence-electron chi connectivity index (χ4n) is 3.43. The summed E-state index contributed by atoms with van der Waals surface area (Å²) in [7, 11) is 1.58. The van der Waals surface area contributed by atoms with Crippen molar-refractivity contribution in [2.24, 2.45) is 5.10 Å². The number of para-hydroxylation sites is 1. The van der Waals surface area contributed by atoms with E-state index in [0.717, 1.165) is 22.1 Å². The zero-order chi connectivity index (χ0) is 23.9. The number of fused-ring (bicyclic) bond motifs is 1. The molecule has 4 aromatic rings. The van der Waals surface area contributed by atoms with Gasteiger partial charge < -0.3 is 13.9 Å². The van der Waals surface area contributed by atoms with Crippen molar-refractivity contribution in [3.8, 4) is 11.5 Å². The first-order valence-electron chi connectivity index (χ1n) is 10.6. The van der Waals surface area contributed by atoms with Gasteiger partial charge in [-0.1, -0.05) is 48.0 Å². The highest BCUT2D eigenvalue weighted by Crippen LogP contribution is 2.34. The van der Waals surface area contributed by atoms with Crippen molar-refractivity contribution < 1.29 is 18.7 Å². The molecule has 6 nitrogen and oxygen atoms in total. The summed E-state index contributed by atoms with van der Waals surface area (Å²) in [5.41, 5.74) is 5.74. The number of nitrogens with one attached hydrogen (secondary N) is 1. The van der Waals surface area contributed by atoms with Crippen LogP contribution >= 0.6 is 11.6 Å². The second-order valence-electron chi connectivity index (χ2n) is 7.47. The summed E-state index contributed by atoms with van der Waals surface area (Å²) in [6.45, 7) is 4.19. The van der Waals surface area contributed by atoms with Crippen LogP contribution in [0.4, 0.5) is 0 Å². The number of benzene rings is 3. The Morgan fingerprint density at radius 2 is 1.94 bits per heavy atom. The van der Waals surface area contributed by atoms with E-state index in [4.69, 9.17) is 25.5 Å². The SMILES string of the molecule is C=CCc1cc(/C=N/NC(=O)c2cc3ccccc3o2)cc(OC)c1OCc1ccc(Cl)cc1. The number of hydrogen-bond acceptors (Lipinski definition) is 5. The number of amides is 1. The lowest BCUT2D eigenvalue weighted by Crippen LogP contribution is -2.16. The molecule has 4 rings (SSSR count). The van der Waals surface area contributed by atoms with E-state index in [1.165, 1.54) is 0 Å². The first-order chi connectivity index (χ1) is 16.6. The van der Waals surface area contributed by atoms with Gasteiger partial charge in [0.25, 0.3) is 0 Å². The Hall–Kier alpha value is -4.03. The molecule has 1 N–H and O–H groups in total. The van der Waals surface area contributed by atoms with E-state index in [1.54, 1.807) is 37.6 Å². The number of rotatable bonds is 9. The van der Waals surface area contributed by atoms with Gasteiger partial charge in [0.1, 0.15) is 12.2 Å². The predicted molar refractivity (Wildman–Crippen MR) is 134 cm³/mol. The highest BCUT2D eigenvalue weighted by Gasteiger charge is 2.14. The molecule has 34 heavy (non-hydrogen) atoms. The summed E-state index contributed by atoms with van der Waals surface area (Å²) in [4.78, 5) is 12.4. The number of carbonyl (C=O) groups is 1. The fourth-order valence-corrected chi connectivity index (χ4v) is 3.56. The summed E-state index contributed by atoms with van der Waals surface area (Å²) in [6, 6.07) is 20.3. The zero-order valence-electron chi connectivity index (χ0n) is 18.6. The second-order valence-corrected chi connectivity index (χ2v) is 7.90. The molecule has 3 aromatic carbocycles. The van der Waals surface area contributed by atoms with Crippen LogP contribution in [0.1, 0.15) is 27.2 Å². The minimum absolute atomic E-state index is 0.189. The minimum Gasteiger partial charge on any atom is -0.493 e. The molecule has 0 radical (unpaired) electrons. The van der Waals surface area contributed by atoms with Gasteiger partial charge in [-0.05, 0) is 53.9 Å². The lowest BCUT2D eigenvalue weighted by Gasteiger charge is -2.16. The smallest absolute Gasteiger partial charge is 0.307 e. The lowest BCUT2D eigenvalue weighted by atomic mass is 10.1. The first-order valence-corrected chi connectivity index (χ1v) is 11.0. The van der Waals surface area contributed by atoms with E-state index in [1.807, 2.05) is 48.5 Å². The van der Waals surface area contributed by atoms with E-state index >= 15 is 0 Å². The Morgan fingerprint density at radius 3 is 2.68 bits per heavy atom. The van der Waals surface area contributed by atoms with Crippen molar-refractivity contribution in [1.82, 2.24) is 5.43 Å². The fraction of sp³-hybridized carbons (Fsp3) is 0.111. The van der Waals surface area contributed by atoms with Gasteiger partial charge in [0.15, 0.2) is 17.3 Å². The van der Waals surface area contributed by atoms with Gasteiger partial charge in [-0.15, -0.1) is 6.58 Å². The molecule has 1 heterocycles. The molecule has 0 fully saturated rings. The van der Waals surface area contributed by atoms with Crippen LogP contribution in [0.2, 0.25) is 5.02 Å². The number of halogens is 1. The largest absolute Gasteiger partial charge is 0.493 e. The lowest BCUT2D eigenvalue weighted by molar-refractivity contribution is 0.0929. The van der Waals surface area contributed by atoms with E-state index < -0.39 is 5.91 Å². The van der Waals surface area contributed by atoms with Crippen molar-refractivity contribution in [2.75, 3.05) is 7.11 Å². The van der Waals surface area contributed by atoms with Crippen LogP contribution in [0, 0.1) is 0 Å². The molecule has 7 heteroatoms. The Balaban J connectivity index is 1.50. The Morgan fingerprint density at radius 1 is 1.15 bits per heavy atom. The topological polar surface area (TPSA) is 73.1 Å². The van der Waals surface area contributed by atoms with Gasteiger partial charge >= 0.3 is 5.91 Å². The standard InChI is InChI=1S/C27H23ClN2O4/c1-3-6-21-13-19(14-24(32-2)26(21)33-17-18-9-11-22(28)12-10-18)16-29-30-27(31)25-15-20-7-4-5-8-23(20)34-25/h3-5,7-16H,1,6,17H2,2H3,(H,30,31)/b29-16+. The Bertz CT molecular complexity index is 1310. The van der Waals surface area contributed by atoms with E-state index in [2.05, 4.69) is 17.1 Å². The van der Waals surface area contributed by atoms with Crippen molar-refractivity contribution in [1.29, 1.82) is 0 Å². The molecule has 1 aromatic heterocycles. The first kappa shape index (κ1) is 23.1. The van der Waals surface area contributed by atoms with Gasteiger partial charge in [0.2, 0.25) is 0 Å². The van der Waals surface area contributed by atoms with Crippen LogP contribution in [0.3, 0.4) is 0 Å². The van der Waals surface area contributed by atoms with Crippen LogP contribution in [0.5, 0.6) is 11.5 Å². The molecule has 172 valence electrons. The van der Waals surface area contributed by atoms with Crippen molar-refractivity contribution in [3.05, 3.63) is 107 Å². The molecule has 0 unspecified atom stereocenters. The maximum atomic E-state index is 12.4. The molecular weight excluding hydrogens is 452 g/mol. The normalized spacial score (nSPS) is 11.0. The molecule has 0 saturated heterocycles. The molecule has 0 atom stereocenters. The summed E-state index contributed by atoms with van der Waals surface area (Å²) >= 11 is 5.96. The molecule has 0 spiro atoms. The maximum absolute atomic E-state index is 12.4. The van der Waals surface area contributed by atoms with E-state index in [-0.39, 0.29) is 5.76 Å². The van der Waals surface area contributed by atoms with Gasteiger partial charge in [0.05, 0.1) is 13.3 Å². The number of ether oxygens (including phenoxy) is 2. The molecule has 1 amide bonds. The predicted octanol–water partition coefficient (Wildman–Crippen LogP) is 6.17. The second kappa shape index (κ2) is 10.7. The highest BCUT2D eigenvalue weighted by molar-refractivity contribution is 6.30. The Kier molecular flexibility index (Phi) is 7.30. The molecular formula is C27H23ClN2O4. The third-order valence-electron chi connectivity index (χ3n) is 5.06. The van der Waals surface area contributed by atoms with Crippen LogP contribution in [0.15, 0.2) is 88.9 Å². The molecule has 0 aliphatic heterocycles. The molecule has 0 saturated carbocycles. The molecule has 0 aliphatic rings.